The first-order chi connectivity index (χ1) is 16.4. The van der Waals surface area contributed by atoms with Crippen LogP contribution in [0.15, 0.2) is 125 Å². The van der Waals surface area contributed by atoms with E-state index in [9.17, 15) is 0 Å². The van der Waals surface area contributed by atoms with Crippen molar-refractivity contribution in [2.24, 2.45) is 11.8 Å². The third kappa shape index (κ3) is 3.06. The van der Waals surface area contributed by atoms with Crippen molar-refractivity contribution in [3.63, 3.8) is 0 Å². The Morgan fingerprint density at radius 2 is 1.52 bits per heavy atom. The molecule has 2 aromatic carbocycles. The van der Waals surface area contributed by atoms with Gasteiger partial charge in [-0.1, -0.05) is 97.1 Å². The Kier molecular flexibility index (Phi) is 4.58. The Hall–Kier alpha value is -3.03. The van der Waals surface area contributed by atoms with Crippen molar-refractivity contribution in [1.29, 1.82) is 0 Å². The lowest BCUT2D eigenvalue weighted by molar-refractivity contribution is 0.685. The van der Waals surface area contributed by atoms with Crippen molar-refractivity contribution in [1.82, 2.24) is 0 Å². The molecule has 7 rings (SSSR count). The van der Waals surface area contributed by atoms with Gasteiger partial charge in [0, 0.05) is 17.1 Å². The minimum atomic E-state index is 0.363. The van der Waals surface area contributed by atoms with Gasteiger partial charge < -0.3 is 0 Å². The molecule has 3 atom stereocenters. The molecule has 0 amide bonds. The number of thioether (sulfide) groups is 1. The minimum absolute atomic E-state index is 0.363. The van der Waals surface area contributed by atoms with Gasteiger partial charge in [-0.15, -0.1) is 11.8 Å². The van der Waals surface area contributed by atoms with E-state index < -0.39 is 0 Å². The second-order valence-electron chi connectivity index (χ2n) is 9.44. The van der Waals surface area contributed by atoms with Gasteiger partial charge in [-0.3, -0.25) is 0 Å². The fourth-order valence-electron chi connectivity index (χ4n) is 6.21. The van der Waals surface area contributed by atoms with Crippen LogP contribution in [0.2, 0.25) is 0 Å². The fourth-order valence-corrected chi connectivity index (χ4v) is 7.62. The number of benzene rings is 2. The van der Waals surface area contributed by atoms with Crippen molar-refractivity contribution >= 4 is 22.9 Å². The lowest BCUT2D eigenvalue weighted by atomic mass is 9.69. The molecule has 1 heterocycles. The topological polar surface area (TPSA) is 0 Å². The molecule has 0 saturated carbocycles. The molecule has 0 spiro atoms. The van der Waals surface area contributed by atoms with E-state index in [1.807, 2.05) is 0 Å². The molecule has 0 radical (unpaired) electrons. The maximum absolute atomic E-state index is 2.53. The van der Waals surface area contributed by atoms with Crippen molar-refractivity contribution in [2.75, 3.05) is 0 Å². The van der Waals surface area contributed by atoms with Crippen molar-refractivity contribution in [2.45, 2.75) is 24.5 Å². The molecule has 1 heteroatoms. The summed E-state index contributed by atoms with van der Waals surface area (Å²) in [6.45, 7) is 0. The number of rotatable bonds is 2. The summed E-state index contributed by atoms with van der Waals surface area (Å²) < 4.78 is 0. The molecule has 160 valence electrons. The molecule has 4 aliphatic carbocycles. The van der Waals surface area contributed by atoms with Crippen molar-refractivity contribution in [3.05, 3.63) is 141 Å². The van der Waals surface area contributed by atoms with Crippen LogP contribution in [-0.4, -0.2) is 5.25 Å². The van der Waals surface area contributed by atoms with E-state index in [1.54, 1.807) is 10.5 Å². The highest BCUT2D eigenvalue weighted by Gasteiger charge is 2.35. The summed E-state index contributed by atoms with van der Waals surface area (Å²) in [5.74, 6) is 0.728. The van der Waals surface area contributed by atoms with E-state index in [-0.39, 0.29) is 0 Å². The van der Waals surface area contributed by atoms with E-state index in [0.717, 1.165) is 6.42 Å². The average Bonchev–Trinajstić information content (AvgIpc) is 3.25. The van der Waals surface area contributed by atoms with Crippen LogP contribution in [0.4, 0.5) is 0 Å². The van der Waals surface area contributed by atoms with Gasteiger partial charge in [0.2, 0.25) is 0 Å². The predicted octanol–water partition coefficient (Wildman–Crippen LogP) is 6.38. The zero-order valence-electron chi connectivity index (χ0n) is 18.6. The molecular weight excluding hydrogens is 416 g/mol. The van der Waals surface area contributed by atoms with Gasteiger partial charge in [0.1, 0.15) is 0 Å². The number of hydrogen-bond acceptors (Lipinski definition) is 1. The van der Waals surface area contributed by atoms with Crippen molar-refractivity contribution < 1.29 is 0 Å². The Bertz CT molecular complexity index is 1460. The summed E-state index contributed by atoms with van der Waals surface area (Å²) in [5, 5.41) is 3.39. The zero-order valence-corrected chi connectivity index (χ0v) is 19.4. The smallest absolute Gasteiger partial charge is 0.0382 e. The third-order valence-corrected chi connectivity index (χ3v) is 9.07. The van der Waals surface area contributed by atoms with Crippen LogP contribution in [0.1, 0.15) is 24.8 Å². The molecule has 5 aliphatic rings. The highest BCUT2D eigenvalue weighted by molar-refractivity contribution is 8.04. The summed E-state index contributed by atoms with van der Waals surface area (Å²) in [5.41, 5.74) is 8.80. The van der Waals surface area contributed by atoms with Gasteiger partial charge >= 0.3 is 0 Å². The minimum Gasteiger partial charge on any atom is -0.121 e. The molecule has 0 N–H and O–H groups in total. The summed E-state index contributed by atoms with van der Waals surface area (Å²) in [6, 6.07) is 20.1. The fraction of sp³-hybridized carbons (Fsp3) is 0.188. The van der Waals surface area contributed by atoms with Crippen LogP contribution in [0.3, 0.4) is 0 Å². The van der Waals surface area contributed by atoms with Crippen LogP contribution in [0.5, 0.6) is 0 Å². The molecule has 0 aromatic heterocycles. The van der Waals surface area contributed by atoms with Gasteiger partial charge in [-0.25, -0.2) is 0 Å². The Balaban J connectivity index is 1.49. The summed E-state index contributed by atoms with van der Waals surface area (Å²) in [6.07, 6.45) is 22.6. The molecule has 0 saturated heterocycles. The summed E-state index contributed by atoms with van der Waals surface area (Å²) >= 11 is 2.11. The Morgan fingerprint density at radius 1 is 0.788 bits per heavy atom. The van der Waals surface area contributed by atoms with Crippen LogP contribution in [0.25, 0.3) is 11.1 Å². The van der Waals surface area contributed by atoms with E-state index in [0.29, 0.717) is 17.1 Å². The lowest BCUT2D eigenvalue weighted by Gasteiger charge is -2.34. The van der Waals surface area contributed by atoms with Gasteiger partial charge in [-0.2, -0.15) is 0 Å². The Morgan fingerprint density at radius 3 is 2.33 bits per heavy atom. The van der Waals surface area contributed by atoms with Crippen LogP contribution in [0, 0.1) is 11.8 Å². The first kappa shape index (κ1) is 19.4. The molecule has 33 heavy (non-hydrogen) atoms. The van der Waals surface area contributed by atoms with Crippen LogP contribution < -0.4 is 10.4 Å². The van der Waals surface area contributed by atoms with Crippen LogP contribution in [-0.2, 0) is 0 Å². The van der Waals surface area contributed by atoms with Crippen LogP contribution >= 0.6 is 11.8 Å². The highest BCUT2D eigenvalue weighted by atomic mass is 32.2. The van der Waals surface area contributed by atoms with E-state index in [4.69, 9.17) is 0 Å². The molecular formula is C32H26S. The highest BCUT2D eigenvalue weighted by Crippen LogP contribution is 2.51. The van der Waals surface area contributed by atoms with Gasteiger partial charge in [-0.05, 0) is 74.1 Å². The van der Waals surface area contributed by atoms with Gasteiger partial charge in [0.15, 0.2) is 0 Å². The SMILES string of the molecule is C1=CC2C(C3=CCC4SC5=C(C=CCC5)C4=C3)=c3ccccc3=C(c3ccccc3)C2C=C1. The van der Waals surface area contributed by atoms with Gasteiger partial charge in [0.05, 0.1) is 0 Å². The summed E-state index contributed by atoms with van der Waals surface area (Å²) in [4.78, 5) is 1.61. The van der Waals surface area contributed by atoms with Gasteiger partial charge in [0.25, 0.3) is 0 Å². The number of fused-ring (bicyclic) bond motifs is 4. The third-order valence-electron chi connectivity index (χ3n) is 7.63. The summed E-state index contributed by atoms with van der Waals surface area (Å²) in [7, 11) is 0. The first-order valence-electron chi connectivity index (χ1n) is 12.1. The Labute approximate surface area is 199 Å². The molecule has 0 fully saturated rings. The second kappa shape index (κ2) is 7.78. The molecule has 2 aromatic rings. The standard InChI is InChI=1S/C32H26S/c1-2-10-21(11-3-1)31-24-13-4-6-15-26(24)32(27-16-7-5-14-25(27)31)22-18-19-30-28(20-22)23-12-8-9-17-29(23)33-30/h1-8,10-16,18,20,24,26,30H,9,17,19H2. The average molecular weight is 443 g/mol. The molecule has 1 aliphatic heterocycles. The largest absolute Gasteiger partial charge is 0.121 e. The second-order valence-corrected chi connectivity index (χ2v) is 10.7. The maximum atomic E-state index is 2.53. The van der Waals surface area contributed by atoms with E-state index in [2.05, 4.69) is 115 Å². The van der Waals surface area contributed by atoms with Crippen molar-refractivity contribution in [3.8, 4) is 0 Å². The zero-order chi connectivity index (χ0) is 21.8. The maximum Gasteiger partial charge on any atom is 0.0382 e. The number of hydrogen-bond donors (Lipinski definition) is 0. The first-order valence-corrected chi connectivity index (χ1v) is 13.0. The monoisotopic (exact) mass is 442 g/mol. The lowest BCUT2D eigenvalue weighted by Crippen LogP contribution is -2.40. The van der Waals surface area contributed by atoms with E-state index >= 15 is 0 Å². The normalized spacial score (nSPS) is 27.0. The predicted molar refractivity (Wildman–Crippen MR) is 141 cm³/mol. The molecule has 3 unspecified atom stereocenters. The van der Waals surface area contributed by atoms with E-state index in [1.165, 1.54) is 51.1 Å². The molecule has 0 bridgehead atoms. The number of allylic oxidation sites excluding steroid dienone is 11. The molecule has 0 nitrogen and oxygen atoms in total. The quantitative estimate of drug-likeness (QED) is 0.520.